The second-order valence-corrected chi connectivity index (χ2v) is 3.39. The van der Waals surface area contributed by atoms with E-state index in [0.29, 0.717) is 13.2 Å². The van der Waals surface area contributed by atoms with E-state index in [4.69, 9.17) is 4.74 Å². The van der Waals surface area contributed by atoms with E-state index in [9.17, 15) is 4.79 Å². The number of hydrogen-bond acceptors (Lipinski definition) is 2. The minimum absolute atomic E-state index is 0.0168. The van der Waals surface area contributed by atoms with Crippen LogP contribution in [0.4, 0.5) is 4.79 Å². The largest absolute Gasteiger partial charge is 0.372 e. The number of piperidine rings is 1. The normalized spacial score (nSPS) is 21.8. The van der Waals surface area contributed by atoms with Crippen molar-refractivity contribution in [1.29, 1.82) is 0 Å². The van der Waals surface area contributed by atoms with E-state index < -0.39 is 0 Å². The lowest BCUT2D eigenvalue weighted by atomic mass is 10.1. The smallest absolute Gasteiger partial charge is 0.317 e. The van der Waals surface area contributed by atoms with Crippen LogP contribution in [0.1, 0.15) is 12.8 Å². The molecule has 0 aromatic heterocycles. The Morgan fingerprint density at radius 1 is 1.79 bits per heavy atom. The van der Waals surface area contributed by atoms with E-state index in [1.54, 1.807) is 18.0 Å². The van der Waals surface area contributed by atoms with Crippen LogP contribution in [0.15, 0.2) is 12.7 Å². The molecule has 2 amide bonds. The lowest BCUT2D eigenvalue weighted by molar-refractivity contribution is 0.0247. The predicted octanol–water partition coefficient (Wildman–Crippen LogP) is 0.993. The van der Waals surface area contributed by atoms with Crippen molar-refractivity contribution in [3.05, 3.63) is 12.7 Å². The van der Waals surface area contributed by atoms with Crippen molar-refractivity contribution in [2.24, 2.45) is 0 Å². The van der Waals surface area contributed by atoms with Gasteiger partial charge in [-0.2, -0.15) is 0 Å². The van der Waals surface area contributed by atoms with E-state index in [-0.39, 0.29) is 12.1 Å². The van der Waals surface area contributed by atoms with Crippen LogP contribution >= 0.6 is 0 Å². The minimum Gasteiger partial charge on any atom is -0.372 e. The molecule has 80 valence electrons. The Morgan fingerprint density at radius 2 is 2.57 bits per heavy atom. The van der Waals surface area contributed by atoms with E-state index in [2.05, 4.69) is 11.9 Å². The molecule has 4 nitrogen and oxygen atoms in total. The maximum Gasteiger partial charge on any atom is 0.317 e. The van der Waals surface area contributed by atoms with E-state index in [1.165, 1.54) is 0 Å². The van der Waals surface area contributed by atoms with Gasteiger partial charge in [0, 0.05) is 20.1 Å². The molecule has 1 saturated heterocycles. The van der Waals surface area contributed by atoms with E-state index >= 15 is 0 Å². The Balaban J connectivity index is 2.35. The van der Waals surface area contributed by atoms with Crippen molar-refractivity contribution in [3.8, 4) is 0 Å². The van der Waals surface area contributed by atoms with Crippen LogP contribution in [0.2, 0.25) is 0 Å². The van der Waals surface area contributed by atoms with Crippen LogP contribution in [0.3, 0.4) is 0 Å². The molecule has 0 unspecified atom stereocenters. The van der Waals surface area contributed by atoms with Gasteiger partial charge in [-0.15, -0.1) is 6.58 Å². The topological polar surface area (TPSA) is 41.6 Å². The van der Waals surface area contributed by atoms with Gasteiger partial charge in [0.2, 0.25) is 0 Å². The van der Waals surface area contributed by atoms with Gasteiger partial charge in [-0.3, -0.25) is 0 Å². The van der Waals surface area contributed by atoms with Gasteiger partial charge in [0.25, 0.3) is 0 Å². The molecule has 0 spiro atoms. The van der Waals surface area contributed by atoms with Crippen molar-refractivity contribution in [2.45, 2.75) is 18.9 Å². The summed E-state index contributed by atoms with van der Waals surface area (Å²) >= 11 is 0. The van der Waals surface area contributed by atoms with Gasteiger partial charge in [-0.1, -0.05) is 6.08 Å². The molecule has 1 aliphatic heterocycles. The van der Waals surface area contributed by atoms with Crippen molar-refractivity contribution in [1.82, 2.24) is 10.2 Å². The Morgan fingerprint density at radius 3 is 3.21 bits per heavy atom. The number of ether oxygens (including phenoxy) is 1. The van der Waals surface area contributed by atoms with Crippen LogP contribution in [0, 0.1) is 0 Å². The quantitative estimate of drug-likeness (QED) is 0.687. The zero-order chi connectivity index (χ0) is 10.4. The monoisotopic (exact) mass is 198 g/mol. The number of amides is 2. The van der Waals surface area contributed by atoms with Crippen molar-refractivity contribution in [2.75, 3.05) is 26.7 Å². The summed E-state index contributed by atoms with van der Waals surface area (Å²) in [7, 11) is 1.65. The number of carbonyl (C=O) groups excluding carboxylic acids is 1. The summed E-state index contributed by atoms with van der Waals surface area (Å²) in [6, 6.07) is -0.0168. The number of hydrogen-bond donors (Lipinski definition) is 1. The molecule has 0 saturated carbocycles. The summed E-state index contributed by atoms with van der Waals surface area (Å²) in [5, 5.41) is 2.62. The summed E-state index contributed by atoms with van der Waals surface area (Å²) in [5.74, 6) is 0. The molecular formula is C10H18N2O2. The first-order valence-corrected chi connectivity index (χ1v) is 4.97. The number of carbonyl (C=O) groups is 1. The average molecular weight is 198 g/mol. The van der Waals surface area contributed by atoms with Gasteiger partial charge in [-0.25, -0.2) is 4.79 Å². The molecule has 1 rings (SSSR count). The van der Waals surface area contributed by atoms with E-state index in [1.807, 2.05) is 0 Å². The van der Waals surface area contributed by atoms with Crippen LogP contribution < -0.4 is 5.32 Å². The fraction of sp³-hybridized carbons (Fsp3) is 0.700. The second kappa shape index (κ2) is 5.65. The summed E-state index contributed by atoms with van der Waals surface area (Å²) in [4.78, 5) is 13.1. The van der Waals surface area contributed by atoms with Crippen molar-refractivity contribution < 1.29 is 9.53 Å². The number of likely N-dealkylation sites (tertiary alicyclic amines) is 1. The molecule has 1 fully saturated rings. The van der Waals surface area contributed by atoms with Crippen molar-refractivity contribution in [3.63, 3.8) is 0 Å². The molecule has 1 N–H and O–H groups in total. The van der Waals surface area contributed by atoms with Gasteiger partial charge in [-0.05, 0) is 12.8 Å². The van der Waals surface area contributed by atoms with E-state index in [0.717, 1.165) is 19.4 Å². The average Bonchev–Trinajstić information content (AvgIpc) is 2.25. The lowest BCUT2D eigenvalue weighted by Gasteiger charge is -2.32. The molecule has 1 atom stereocenters. The Kier molecular flexibility index (Phi) is 4.46. The SMILES string of the molecule is C=CCO[C@H]1CCCN(C(=O)NC)C1. The highest BCUT2D eigenvalue weighted by Crippen LogP contribution is 2.12. The van der Waals surface area contributed by atoms with Crippen LogP contribution in [0.5, 0.6) is 0 Å². The molecule has 0 aliphatic carbocycles. The van der Waals surface area contributed by atoms with Crippen LogP contribution in [-0.4, -0.2) is 43.8 Å². The lowest BCUT2D eigenvalue weighted by Crippen LogP contribution is -2.46. The van der Waals surface area contributed by atoms with Crippen LogP contribution in [-0.2, 0) is 4.74 Å². The van der Waals surface area contributed by atoms with Gasteiger partial charge in [0.05, 0.1) is 12.7 Å². The number of nitrogens with one attached hydrogen (secondary N) is 1. The highest BCUT2D eigenvalue weighted by Gasteiger charge is 2.22. The number of rotatable bonds is 3. The fourth-order valence-electron chi connectivity index (χ4n) is 1.62. The van der Waals surface area contributed by atoms with Gasteiger partial charge < -0.3 is 15.0 Å². The highest BCUT2D eigenvalue weighted by molar-refractivity contribution is 5.73. The molecule has 14 heavy (non-hydrogen) atoms. The third kappa shape index (κ3) is 3.03. The molecule has 0 bridgehead atoms. The van der Waals surface area contributed by atoms with Gasteiger partial charge in [0.1, 0.15) is 0 Å². The van der Waals surface area contributed by atoms with Crippen molar-refractivity contribution >= 4 is 6.03 Å². The molecule has 0 radical (unpaired) electrons. The summed E-state index contributed by atoms with van der Waals surface area (Å²) in [6.07, 6.45) is 3.94. The molecule has 1 aliphatic rings. The predicted molar refractivity (Wildman–Crippen MR) is 55.2 cm³/mol. The summed E-state index contributed by atoms with van der Waals surface area (Å²) < 4.78 is 5.52. The molecule has 1 heterocycles. The first-order valence-electron chi connectivity index (χ1n) is 4.97. The molecule has 0 aromatic rings. The maximum absolute atomic E-state index is 11.3. The third-order valence-corrected chi connectivity index (χ3v) is 2.33. The fourth-order valence-corrected chi connectivity index (χ4v) is 1.62. The first kappa shape index (κ1) is 11.0. The maximum atomic E-state index is 11.3. The Bertz CT molecular complexity index is 206. The summed E-state index contributed by atoms with van der Waals surface area (Å²) in [5.41, 5.74) is 0. The number of urea groups is 1. The zero-order valence-corrected chi connectivity index (χ0v) is 8.66. The molecule has 0 aromatic carbocycles. The standard InChI is InChI=1S/C10H18N2O2/c1-3-7-14-9-5-4-6-12(8-9)10(13)11-2/h3,9H,1,4-8H2,2H3,(H,11,13)/t9-/m0/s1. The molecule has 4 heteroatoms. The third-order valence-electron chi connectivity index (χ3n) is 2.33. The minimum atomic E-state index is -0.0168. The highest BCUT2D eigenvalue weighted by atomic mass is 16.5. The van der Waals surface area contributed by atoms with Gasteiger partial charge >= 0.3 is 6.03 Å². The first-order chi connectivity index (χ1) is 6.77. The van der Waals surface area contributed by atoms with Crippen LogP contribution in [0.25, 0.3) is 0 Å². The molecular weight excluding hydrogens is 180 g/mol. The van der Waals surface area contributed by atoms with Gasteiger partial charge in [0.15, 0.2) is 0 Å². The zero-order valence-electron chi connectivity index (χ0n) is 8.66. The number of nitrogens with zero attached hydrogens (tertiary/aromatic N) is 1. The Hall–Kier alpha value is -1.03. The summed E-state index contributed by atoms with van der Waals surface area (Å²) in [6.45, 7) is 5.67. The Labute approximate surface area is 84.9 Å². The second-order valence-electron chi connectivity index (χ2n) is 3.39.